The molecule has 9 heteroatoms. The standard InChI is InChI=1S/C19H21N3O5.HI/c1-20-19(22-10-13-2-4-15-17(8-13)26-11-24-15)21-6-7-23-14-3-5-16-18(9-14)27-12-25-16;/h2-5,8-9H,6-7,10-12H2,1H3,(H2,20,21,22);1H. The van der Waals surface area contributed by atoms with Crippen molar-refractivity contribution in [2.75, 3.05) is 33.8 Å². The molecule has 28 heavy (non-hydrogen) atoms. The maximum Gasteiger partial charge on any atom is 0.231 e. The van der Waals surface area contributed by atoms with Gasteiger partial charge in [0.05, 0.1) is 6.54 Å². The Morgan fingerprint density at radius 3 is 2.36 bits per heavy atom. The number of fused-ring (bicyclic) bond motifs is 2. The Kier molecular flexibility index (Phi) is 6.90. The van der Waals surface area contributed by atoms with E-state index >= 15 is 0 Å². The van der Waals surface area contributed by atoms with Gasteiger partial charge < -0.3 is 34.3 Å². The fourth-order valence-corrected chi connectivity index (χ4v) is 2.76. The van der Waals surface area contributed by atoms with Gasteiger partial charge in [-0.3, -0.25) is 4.99 Å². The fraction of sp³-hybridized carbons (Fsp3) is 0.316. The molecular formula is C19H22IN3O5. The summed E-state index contributed by atoms with van der Waals surface area (Å²) in [6.45, 7) is 2.25. The van der Waals surface area contributed by atoms with Crippen LogP contribution in [0, 0.1) is 0 Å². The van der Waals surface area contributed by atoms with Crippen molar-refractivity contribution in [3.63, 3.8) is 0 Å². The highest BCUT2D eigenvalue weighted by Crippen LogP contribution is 2.35. The number of benzene rings is 2. The van der Waals surface area contributed by atoms with Gasteiger partial charge in [0.2, 0.25) is 13.6 Å². The van der Waals surface area contributed by atoms with Crippen LogP contribution in [0.25, 0.3) is 0 Å². The molecule has 2 heterocycles. The topological polar surface area (TPSA) is 82.6 Å². The van der Waals surface area contributed by atoms with Crippen LogP contribution in [-0.2, 0) is 6.54 Å². The van der Waals surface area contributed by atoms with E-state index in [4.69, 9.17) is 23.7 Å². The third kappa shape index (κ3) is 4.83. The number of nitrogens with zero attached hydrogens (tertiary/aromatic N) is 1. The highest BCUT2D eigenvalue weighted by atomic mass is 127. The fourth-order valence-electron chi connectivity index (χ4n) is 2.76. The molecule has 0 bridgehead atoms. The van der Waals surface area contributed by atoms with Crippen molar-refractivity contribution in [2.24, 2.45) is 4.99 Å². The number of halogens is 1. The number of hydrogen-bond donors (Lipinski definition) is 2. The number of rotatable bonds is 6. The molecule has 0 atom stereocenters. The van der Waals surface area contributed by atoms with Gasteiger partial charge >= 0.3 is 0 Å². The number of aliphatic imine (C=N–C) groups is 1. The third-order valence-corrected chi connectivity index (χ3v) is 4.13. The first-order valence-corrected chi connectivity index (χ1v) is 8.67. The van der Waals surface area contributed by atoms with Crippen molar-refractivity contribution in [3.8, 4) is 28.7 Å². The second-order valence-corrected chi connectivity index (χ2v) is 5.90. The Balaban J connectivity index is 0.00000225. The lowest BCUT2D eigenvalue weighted by atomic mass is 10.2. The molecule has 0 radical (unpaired) electrons. The molecule has 0 aliphatic carbocycles. The van der Waals surface area contributed by atoms with Gasteiger partial charge in [0, 0.05) is 19.7 Å². The molecule has 8 nitrogen and oxygen atoms in total. The van der Waals surface area contributed by atoms with E-state index in [1.54, 1.807) is 7.05 Å². The average Bonchev–Trinajstić information content (AvgIpc) is 3.35. The summed E-state index contributed by atoms with van der Waals surface area (Å²) in [5.41, 5.74) is 1.08. The minimum absolute atomic E-state index is 0. The predicted octanol–water partition coefficient (Wildman–Crippen LogP) is 2.51. The van der Waals surface area contributed by atoms with Crippen molar-refractivity contribution in [1.29, 1.82) is 0 Å². The van der Waals surface area contributed by atoms with E-state index in [9.17, 15) is 0 Å². The smallest absolute Gasteiger partial charge is 0.231 e. The third-order valence-electron chi connectivity index (χ3n) is 4.13. The van der Waals surface area contributed by atoms with Crippen molar-refractivity contribution in [1.82, 2.24) is 10.6 Å². The number of hydrogen-bond acceptors (Lipinski definition) is 6. The molecule has 2 aromatic carbocycles. The molecule has 4 rings (SSSR count). The predicted molar refractivity (Wildman–Crippen MR) is 114 cm³/mol. The lowest BCUT2D eigenvalue weighted by Crippen LogP contribution is -2.38. The molecule has 0 unspecified atom stereocenters. The second-order valence-electron chi connectivity index (χ2n) is 5.90. The SMILES string of the molecule is CN=C(NCCOc1ccc2c(c1)OCO2)NCc1ccc2c(c1)OCO2.I. The molecule has 2 aliphatic heterocycles. The Labute approximate surface area is 180 Å². The zero-order valence-electron chi connectivity index (χ0n) is 15.4. The molecule has 0 aromatic heterocycles. The summed E-state index contributed by atoms with van der Waals surface area (Å²) in [6.07, 6.45) is 0. The second kappa shape index (κ2) is 9.58. The highest BCUT2D eigenvalue weighted by molar-refractivity contribution is 14.0. The monoisotopic (exact) mass is 499 g/mol. The Bertz CT molecular complexity index is 846. The van der Waals surface area contributed by atoms with Crippen molar-refractivity contribution >= 4 is 29.9 Å². The summed E-state index contributed by atoms with van der Waals surface area (Å²) in [7, 11) is 1.73. The van der Waals surface area contributed by atoms with E-state index in [1.807, 2.05) is 36.4 Å². The number of guanidine groups is 1. The molecular weight excluding hydrogens is 477 g/mol. The lowest BCUT2D eigenvalue weighted by Gasteiger charge is -2.13. The molecule has 0 spiro atoms. The van der Waals surface area contributed by atoms with Gasteiger partial charge in [-0.25, -0.2) is 0 Å². The van der Waals surface area contributed by atoms with E-state index in [0.717, 1.165) is 28.6 Å². The average molecular weight is 499 g/mol. The maximum atomic E-state index is 5.73. The maximum absolute atomic E-state index is 5.73. The Morgan fingerprint density at radius 1 is 0.929 bits per heavy atom. The molecule has 2 N–H and O–H groups in total. The summed E-state index contributed by atoms with van der Waals surface area (Å²) in [5, 5.41) is 6.48. The molecule has 2 aliphatic rings. The Hall–Kier alpha value is -2.56. The van der Waals surface area contributed by atoms with E-state index in [1.165, 1.54) is 0 Å². The van der Waals surface area contributed by atoms with Gasteiger partial charge in [-0.15, -0.1) is 24.0 Å². The van der Waals surface area contributed by atoms with Crippen LogP contribution in [0.1, 0.15) is 5.56 Å². The lowest BCUT2D eigenvalue weighted by molar-refractivity contribution is 0.173. The van der Waals surface area contributed by atoms with Crippen LogP contribution in [0.5, 0.6) is 28.7 Å². The van der Waals surface area contributed by atoms with E-state index in [-0.39, 0.29) is 37.6 Å². The van der Waals surface area contributed by atoms with Crippen LogP contribution >= 0.6 is 24.0 Å². The van der Waals surface area contributed by atoms with E-state index < -0.39 is 0 Å². The number of ether oxygens (including phenoxy) is 5. The van der Waals surface area contributed by atoms with Crippen LogP contribution in [0.15, 0.2) is 41.4 Å². The van der Waals surface area contributed by atoms with Crippen LogP contribution in [-0.4, -0.2) is 39.7 Å². The van der Waals surface area contributed by atoms with Gasteiger partial charge in [0.15, 0.2) is 29.0 Å². The molecule has 0 fully saturated rings. The molecule has 0 saturated heterocycles. The summed E-state index contributed by atoms with van der Waals surface area (Å²) in [4.78, 5) is 4.21. The zero-order chi connectivity index (χ0) is 18.5. The summed E-state index contributed by atoms with van der Waals surface area (Å²) in [6, 6.07) is 11.4. The van der Waals surface area contributed by atoms with E-state index in [0.29, 0.717) is 31.4 Å². The molecule has 150 valence electrons. The van der Waals surface area contributed by atoms with Gasteiger partial charge in [-0.05, 0) is 29.8 Å². The van der Waals surface area contributed by atoms with E-state index in [2.05, 4.69) is 15.6 Å². The minimum Gasteiger partial charge on any atom is -0.492 e. The molecule has 0 saturated carbocycles. The van der Waals surface area contributed by atoms with Gasteiger partial charge in [-0.2, -0.15) is 0 Å². The molecule has 2 aromatic rings. The van der Waals surface area contributed by atoms with Gasteiger partial charge in [0.25, 0.3) is 0 Å². The number of nitrogens with one attached hydrogen (secondary N) is 2. The highest BCUT2D eigenvalue weighted by Gasteiger charge is 2.14. The van der Waals surface area contributed by atoms with Crippen molar-refractivity contribution in [3.05, 3.63) is 42.0 Å². The minimum atomic E-state index is 0. The summed E-state index contributed by atoms with van der Waals surface area (Å²) in [5.74, 6) is 4.44. The first-order valence-electron chi connectivity index (χ1n) is 8.67. The summed E-state index contributed by atoms with van der Waals surface area (Å²) >= 11 is 0. The first kappa shape index (κ1) is 20.2. The van der Waals surface area contributed by atoms with Gasteiger partial charge in [-0.1, -0.05) is 6.07 Å². The quantitative estimate of drug-likeness (QED) is 0.274. The van der Waals surface area contributed by atoms with Crippen LogP contribution in [0.2, 0.25) is 0 Å². The van der Waals surface area contributed by atoms with Crippen LogP contribution in [0.4, 0.5) is 0 Å². The zero-order valence-corrected chi connectivity index (χ0v) is 17.7. The largest absolute Gasteiger partial charge is 0.492 e. The normalized spacial score (nSPS) is 13.7. The molecule has 0 amide bonds. The summed E-state index contributed by atoms with van der Waals surface area (Å²) < 4.78 is 27.1. The van der Waals surface area contributed by atoms with Crippen LogP contribution in [0.3, 0.4) is 0 Å². The van der Waals surface area contributed by atoms with Crippen LogP contribution < -0.4 is 34.3 Å². The van der Waals surface area contributed by atoms with Crippen molar-refractivity contribution < 1.29 is 23.7 Å². The van der Waals surface area contributed by atoms with Crippen molar-refractivity contribution in [2.45, 2.75) is 6.54 Å². The van der Waals surface area contributed by atoms with Gasteiger partial charge in [0.1, 0.15) is 12.4 Å². The first-order chi connectivity index (χ1) is 13.3. The Morgan fingerprint density at radius 2 is 1.61 bits per heavy atom.